The van der Waals surface area contributed by atoms with Crippen LogP contribution >= 0.6 is 0 Å². The van der Waals surface area contributed by atoms with Gasteiger partial charge in [0.15, 0.2) is 0 Å². The van der Waals surface area contributed by atoms with Crippen molar-refractivity contribution in [3.05, 3.63) is 29.8 Å². The molecular weight excluding hydrogens is 418 g/mol. The van der Waals surface area contributed by atoms with Crippen LogP contribution in [-0.4, -0.2) is 118 Å². The topological polar surface area (TPSA) is 111 Å². The first-order valence-electron chi connectivity index (χ1n) is 9.98. The summed E-state index contributed by atoms with van der Waals surface area (Å²) >= 11 is 0. The summed E-state index contributed by atoms with van der Waals surface area (Å²) in [6, 6.07) is 6.74. The van der Waals surface area contributed by atoms with Gasteiger partial charge in [0, 0.05) is 57.9 Å². The van der Waals surface area contributed by atoms with Crippen molar-refractivity contribution < 1.29 is 42.6 Å². The van der Waals surface area contributed by atoms with Crippen molar-refractivity contribution in [2.75, 3.05) is 59.0 Å². The standard InChI is InChI=1S/C20H35N3O5.Fe/c1-16(26)12-21-6-7-22(13-17-4-2-3-5-19(17)27)9-11-23(10-8-21)18(14-24)20(28)15-25;/h2-5,16,18,20,24-28H,6-15H2,1H3;/q;+6/t16-,18+,20+;/m0./s1. The van der Waals surface area contributed by atoms with Gasteiger partial charge in [-0.15, -0.1) is 0 Å². The molecule has 1 heterocycles. The molecule has 8 nitrogen and oxygen atoms in total. The van der Waals surface area contributed by atoms with Crippen molar-refractivity contribution in [2.45, 2.75) is 31.7 Å². The van der Waals surface area contributed by atoms with Gasteiger partial charge in [0.1, 0.15) is 5.75 Å². The Kier molecular flexibility index (Phi) is 12.3. The fourth-order valence-electron chi connectivity index (χ4n) is 3.69. The van der Waals surface area contributed by atoms with Crippen LogP contribution in [0.4, 0.5) is 0 Å². The number of β-amino-alcohol motifs (C(OH)–C–C–N with tert-alkyl or cyclic N) is 1. The van der Waals surface area contributed by atoms with Crippen LogP contribution in [0.5, 0.6) is 5.75 Å². The van der Waals surface area contributed by atoms with E-state index >= 15 is 0 Å². The van der Waals surface area contributed by atoms with E-state index in [0.29, 0.717) is 39.3 Å². The van der Waals surface area contributed by atoms with Crippen LogP contribution < -0.4 is 0 Å². The molecule has 1 aromatic rings. The Morgan fingerprint density at radius 3 is 2.07 bits per heavy atom. The number of benzene rings is 1. The minimum absolute atomic E-state index is 0. The first kappa shape index (κ1) is 26.3. The molecule has 2 rings (SSSR count). The third-order valence-corrected chi connectivity index (χ3v) is 5.33. The summed E-state index contributed by atoms with van der Waals surface area (Å²) in [5.41, 5.74) is 0.851. The minimum Gasteiger partial charge on any atom is -0.508 e. The third-order valence-electron chi connectivity index (χ3n) is 5.33. The fourth-order valence-corrected chi connectivity index (χ4v) is 3.69. The molecule has 5 N–H and O–H groups in total. The number of aromatic hydroxyl groups is 1. The van der Waals surface area contributed by atoms with Crippen LogP contribution in [0.1, 0.15) is 12.5 Å². The summed E-state index contributed by atoms with van der Waals surface area (Å²) in [7, 11) is 0. The zero-order chi connectivity index (χ0) is 20.5. The molecule has 0 bridgehead atoms. The number of rotatable bonds is 8. The molecule has 3 atom stereocenters. The summed E-state index contributed by atoms with van der Waals surface area (Å²) < 4.78 is 0. The van der Waals surface area contributed by atoms with Gasteiger partial charge in [0.2, 0.25) is 0 Å². The second-order valence-corrected chi connectivity index (χ2v) is 7.59. The molecule has 9 heteroatoms. The van der Waals surface area contributed by atoms with Gasteiger partial charge in [0.25, 0.3) is 0 Å². The number of hydrogen-bond acceptors (Lipinski definition) is 8. The maximum absolute atomic E-state index is 10.1. The van der Waals surface area contributed by atoms with Gasteiger partial charge < -0.3 is 25.5 Å². The van der Waals surface area contributed by atoms with Crippen molar-refractivity contribution in [1.82, 2.24) is 14.7 Å². The average Bonchev–Trinajstić information content (AvgIpc) is 2.76. The predicted octanol–water partition coefficient (Wildman–Crippen LogP) is -1.10. The molecule has 1 fully saturated rings. The monoisotopic (exact) mass is 453 g/mol. The van der Waals surface area contributed by atoms with Gasteiger partial charge in [0.05, 0.1) is 31.5 Å². The predicted molar refractivity (Wildman–Crippen MR) is 107 cm³/mol. The maximum Gasteiger partial charge on any atom is 6.00 e. The molecule has 1 aliphatic heterocycles. The van der Waals surface area contributed by atoms with Crippen molar-refractivity contribution in [1.29, 1.82) is 0 Å². The molecule has 162 valence electrons. The Bertz CT molecular complexity index is 581. The number of phenolic OH excluding ortho intramolecular Hbond substituents is 1. The average molecular weight is 453 g/mol. The quantitative estimate of drug-likeness (QED) is 0.316. The summed E-state index contributed by atoms with van der Waals surface area (Å²) in [6.45, 7) is 6.46. The van der Waals surface area contributed by atoms with E-state index in [1.165, 1.54) is 0 Å². The first-order chi connectivity index (χ1) is 13.4. The van der Waals surface area contributed by atoms with Crippen molar-refractivity contribution in [3.8, 4) is 5.75 Å². The molecule has 1 saturated heterocycles. The smallest absolute Gasteiger partial charge is 0.508 e. The van der Waals surface area contributed by atoms with Crippen LogP contribution in [0, 0.1) is 0 Å². The van der Waals surface area contributed by atoms with E-state index in [1.54, 1.807) is 19.1 Å². The van der Waals surface area contributed by atoms with Gasteiger partial charge in [-0.3, -0.25) is 14.7 Å². The Balaban J connectivity index is 0.00000420. The number of para-hydroxylation sites is 1. The van der Waals surface area contributed by atoms with Gasteiger partial charge in [-0.25, -0.2) is 0 Å². The van der Waals surface area contributed by atoms with Gasteiger partial charge >= 0.3 is 17.1 Å². The molecule has 0 saturated carbocycles. The summed E-state index contributed by atoms with van der Waals surface area (Å²) in [4.78, 5) is 6.39. The van der Waals surface area contributed by atoms with E-state index in [4.69, 9.17) is 0 Å². The fraction of sp³-hybridized carbons (Fsp3) is 0.700. The van der Waals surface area contributed by atoms with E-state index < -0.39 is 24.9 Å². The molecule has 1 aromatic carbocycles. The second-order valence-electron chi connectivity index (χ2n) is 7.59. The van der Waals surface area contributed by atoms with Gasteiger partial charge in [-0.1, -0.05) is 18.2 Å². The van der Waals surface area contributed by atoms with Crippen molar-refractivity contribution in [2.24, 2.45) is 0 Å². The zero-order valence-electron chi connectivity index (χ0n) is 17.0. The largest absolute Gasteiger partial charge is 6.00 e. The maximum atomic E-state index is 10.1. The number of phenols is 1. The molecule has 0 aliphatic carbocycles. The zero-order valence-corrected chi connectivity index (χ0v) is 18.1. The van der Waals surface area contributed by atoms with E-state index in [1.807, 2.05) is 17.0 Å². The minimum atomic E-state index is -1.01. The number of hydrogen-bond donors (Lipinski definition) is 5. The summed E-state index contributed by atoms with van der Waals surface area (Å²) in [6.07, 6.45) is -1.46. The van der Waals surface area contributed by atoms with E-state index in [0.717, 1.165) is 18.7 Å². The number of nitrogens with zero attached hydrogens (tertiary/aromatic N) is 3. The first-order valence-corrected chi connectivity index (χ1v) is 9.98. The third kappa shape index (κ3) is 8.49. The molecule has 1 aliphatic rings. The Labute approximate surface area is 183 Å². The van der Waals surface area contributed by atoms with Crippen LogP contribution in [0.25, 0.3) is 0 Å². The molecule has 29 heavy (non-hydrogen) atoms. The van der Waals surface area contributed by atoms with Gasteiger partial charge in [-0.05, 0) is 13.0 Å². The number of aliphatic hydroxyl groups is 4. The molecular formula is C20H35FeN3O5+6. The van der Waals surface area contributed by atoms with Crippen LogP contribution in [-0.2, 0) is 23.6 Å². The van der Waals surface area contributed by atoms with Crippen LogP contribution in [0.3, 0.4) is 0 Å². The summed E-state index contributed by atoms with van der Waals surface area (Å²) in [5, 5.41) is 49.1. The van der Waals surface area contributed by atoms with Gasteiger partial charge in [-0.2, -0.15) is 0 Å². The second kappa shape index (κ2) is 13.5. The van der Waals surface area contributed by atoms with Crippen molar-refractivity contribution >= 4 is 0 Å². The summed E-state index contributed by atoms with van der Waals surface area (Å²) in [5.74, 6) is 0.268. The SMILES string of the molecule is C[C@H](O)CN1CCN(Cc2ccccc2O)CCN([C@H](CO)[C@H](O)CO)CC1.[Fe+6]. The Hall–Kier alpha value is -0.741. The molecule has 0 aromatic heterocycles. The van der Waals surface area contributed by atoms with Crippen LogP contribution in [0.15, 0.2) is 24.3 Å². The number of aliphatic hydroxyl groups excluding tert-OH is 4. The van der Waals surface area contributed by atoms with Crippen LogP contribution in [0.2, 0.25) is 0 Å². The Morgan fingerprint density at radius 2 is 1.48 bits per heavy atom. The van der Waals surface area contributed by atoms with Crippen molar-refractivity contribution in [3.63, 3.8) is 0 Å². The Morgan fingerprint density at radius 1 is 0.897 bits per heavy atom. The van der Waals surface area contributed by atoms with E-state index in [2.05, 4.69) is 9.80 Å². The van der Waals surface area contributed by atoms with E-state index in [9.17, 15) is 25.5 Å². The molecule has 0 unspecified atom stereocenters. The molecule has 0 spiro atoms. The normalized spacial score (nSPS) is 20.7. The molecule has 0 radical (unpaired) electrons. The van der Waals surface area contributed by atoms with E-state index in [-0.39, 0.29) is 29.4 Å². The molecule has 0 amide bonds.